The van der Waals surface area contributed by atoms with E-state index in [-0.39, 0.29) is 24.4 Å². The Kier molecular flexibility index (Phi) is 10.2. The molecule has 5 rings (SSSR count). The predicted molar refractivity (Wildman–Crippen MR) is 151 cm³/mol. The highest BCUT2D eigenvalue weighted by atomic mass is 16.7. The van der Waals surface area contributed by atoms with E-state index in [9.17, 15) is 9.59 Å². The molecule has 3 saturated heterocycles. The molecule has 3 heterocycles. The lowest BCUT2D eigenvalue weighted by Crippen LogP contribution is -2.60. The summed E-state index contributed by atoms with van der Waals surface area (Å²) in [6.45, 7) is 7.66. The minimum atomic E-state index is -1.57. The van der Waals surface area contributed by atoms with Crippen LogP contribution in [0.4, 0.5) is 0 Å². The van der Waals surface area contributed by atoms with E-state index in [1.807, 2.05) is 74.5 Å². The molecule has 0 saturated carbocycles. The Hall–Kier alpha value is -3.23. The molecule has 0 aromatic heterocycles. The largest absolute Gasteiger partial charge is 0.554 e. The van der Waals surface area contributed by atoms with Crippen LogP contribution in [-0.2, 0) is 34.2 Å². The first-order chi connectivity index (χ1) is 19.8. The molecule has 0 aliphatic carbocycles. The smallest absolute Gasteiger partial charge is 0.348 e. The van der Waals surface area contributed by atoms with Gasteiger partial charge in [0.2, 0.25) is 11.9 Å². The minimum Gasteiger partial charge on any atom is -0.554 e. The van der Waals surface area contributed by atoms with Crippen molar-refractivity contribution in [2.24, 2.45) is 5.92 Å². The summed E-state index contributed by atoms with van der Waals surface area (Å²) >= 11 is 0. The maximum absolute atomic E-state index is 14.5. The van der Waals surface area contributed by atoms with Gasteiger partial charge in [-0.3, -0.25) is 4.79 Å². The van der Waals surface area contributed by atoms with Crippen molar-refractivity contribution >= 4 is 18.4 Å². The molecular formula is C33H43NO7. The number of quaternary nitrogens is 1. The second kappa shape index (κ2) is 13.6. The minimum absolute atomic E-state index is 0.143. The van der Waals surface area contributed by atoms with E-state index in [1.54, 1.807) is 6.92 Å². The van der Waals surface area contributed by atoms with Gasteiger partial charge in [0.1, 0.15) is 6.10 Å². The Morgan fingerprint density at radius 1 is 0.951 bits per heavy atom. The normalized spacial score (nSPS) is 23.4. The number of benzene rings is 2. The number of carboxylic acid groups (broad SMARTS) is 1. The van der Waals surface area contributed by atoms with Crippen molar-refractivity contribution in [1.82, 2.24) is 0 Å². The molecule has 8 heteroatoms. The fraction of sp³-hybridized carbons (Fsp3) is 0.545. The number of esters is 2. The van der Waals surface area contributed by atoms with Crippen LogP contribution < -0.4 is 5.11 Å². The molecule has 3 atom stereocenters. The summed E-state index contributed by atoms with van der Waals surface area (Å²) in [6.07, 6.45) is 6.03. The van der Waals surface area contributed by atoms with Gasteiger partial charge in [-0.05, 0) is 11.1 Å². The number of nitrogens with zero attached hydrogens (tertiary/aromatic N) is 1. The summed E-state index contributed by atoms with van der Waals surface area (Å²) in [5, 5.41) is 8.25. The van der Waals surface area contributed by atoms with Crippen molar-refractivity contribution in [2.45, 2.75) is 95.8 Å². The van der Waals surface area contributed by atoms with Gasteiger partial charge in [0.05, 0.1) is 25.2 Å². The Morgan fingerprint density at radius 3 is 1.88 bits per heavy atom. The van der Waals surface area contributed by atoms with E-state index >= 15 is 0 Å². The first-order valence-electron chi connectivity index (χ1n) is 14.9. The third-order valence-corrected chi connectivity index (χ3v) is 9.05. The highest BCUT2D eigenvalue weighted by Crippen LogP contribution is 2.47. The fourth-order valence-electron chi connectivity index (χ4n) is 7.16. The SMILES string of the molecule is CCC(=O)OC(OC(C(=O)OC1CC2CCC(C1)[N+]21CCCC1)(c1ccccc1)c1ccccc1)C(C)C.O=C[O-]. The Bertz CT molecular complexity index is 1090. The first-order valence-corrected chi connectivity index (χ1v) is 14.9. The monoisotopic (exact) mass is 565 g/mol. The average molecular weight is 566 g/mol. The highest BCUT2D eigenvalue weighted by molar-refractivity contribution is 5.86. The number of carbonyl (C=O) groups excluding carboxylic acids is 3. The second-order valence-electron chi connectivity index (χ2n) is 11.7. The van der Waals surface area contributed by atoms with Crippen LogP contribution in [0, 0.1) is 5.92 Å². The maximum Gasteiger partial charge on any atom is 0.348 e. The Labute approximate surface area is 243 Å². The van der Waals surface area contributed by atoms with Crippen LogP contribution in [0.3, 0.4) is 0 Å². The number of hydrogen-bond acceptors (Lipinski definition) is 7. The van der Waals surface area contributed by atoms with E-state index in [4.69, 9.17) is 24.1 Å². The highest BCUT2D eigenvalue weighted by Gasteiger charge is 2.57. The Balaban J connectivity index is 0.00000124. The molecule has 2 aromatic rings. The van der Waals surface area contributed by atoms with Crippen LogP contribution in [0.5, 0.6) is 0 Å². The summed E-state index contributed by atoms with van der Waals surface area (Å²) < 4.78 is 20.1. The van der Waals surface area contributed by atoms with Crippen LogP contribution in [0.2, 0.25) is 0 Å². The number of carbonyl (C=O) groups is 3. The fourth-order valence-corrected chi connectivity index (χ4v) is 7.16. The number of rotatable bonds is 9. The summed E-state index contributed by atoms with van der Waals surface area (Å²) in [5.74, 6) is -0.974. The van der Waals surface area contributed by atoms with Crippen LogP contribution in [0.15, 0.2) is 60.7 Å². The van der Waals surface area contributed by atoms with Crippen molar-refractivity contribution in [3.8, 4) is 0 Å². The lowest BCUT2D eigenvalue weighted by Gasteiger charge is -2.47. The molecule has 2 bridgehead atoms. The van der Waals surface area contributed by atoms with Crippen LogP contribution in [0.25, 0.3) is 0 Å². The molecule has 8 nitrogen and oxygen atoms in total. The van der Waals surface area contributed by atoms with E-state index in [2.05, 4.69) is 0 Å². The van der Waals surface area contributed by atoms with Gasteiger partial charge in [0, 0.05) is 57.3 Å². The zero-order valence-corrected chi connectivity index (χ0v) is 24.4. The van der Waals surface area contributed by atoms with Gasteiger partial charge < -0.3 is 28.6 Å². The predicted octanol–water partition coefficient (Wildman–Crippen LogP) is 4.10. The molecule has 0 amide bonds. The van der Waals surface area contributed by atoms with Gasteiger partial charge >= 0.3 is 11.9 Å². The number of ether oxygens (including phenoxy) is 3. The molecule has 1 spiro atoms. The van der Waals surface area contributed by atoms with Crippen molar-refractivity contribution in [3.05, 3.63) is 71.8 Å². The molecule has 2 aromatic carbocycles. The van der Waals surface area contributed by atoms with Crippen molar-refractivity contribution < 1.29 is 38.2 Å². The molecule has 3 aliphatic rings. The topological polar surface area (TPSA) is 102 Å². The molecule has 41 heavy (non-hydrogen) atoms. The van der Waals surface area contributed by atoms with Crippen molar-refractivity contribution in [1.29, 1.82) is 0 Å². The van der Waals surface area contributed by atoms with E-state index in [0.717, 1.165) is 12.8 Å². The summed E-state index contributed by atoms with van der Waals surface area (Å²) in [4.78, 5) is 35.1. The molecular weight excluding hydrogens is 522 g/mol. The van der Waals surface area contributed by atoms with E-state index in [0.29, 0.717) is 23.2 Å². The van der Waals surface area contributed by atoms with Crippen LogP contribution in [0.1, 0.15) is 76.8 Å². The first kappa shape index (κ1) is 30.7. The third-order valence-electron chi connectivity index (χ3n) is 9.05. The molecule has 222 valence electrons. The molecule has 3 fully saturated rings. The maximum atomic E-state index is 14.5. The van der Waals surface area contributed by atoms with Crippen molar-refractivity contribution in [2.75, 3.05) is 13.1 Å². The van der Waals surface area contributed by atoms with Gasteiger partial charge in [-0.15, -0.1) is 0 Å². The standard InChI is InChI=1S/C32H42NO5.CH2O2/c1-4-29(34)37-30(23(2)3)38-32(24-13-7-5-8-14-24,25-15-9-6-10-16-25)31(35)36-28-21-26-17-18-27(22-28)33(26)19-11-12-20-33;2-1-3/h5-10,13-16,23,26-28,30H,4,11-12,17-22H2,1-3H3;1H,(H,2,3)/q+1;/p-1. The quantitative estimate of drug-likeness (QED) is 0.195. The van der Waals surface area contributed by atoms with Crippen LogP contribution in [-0.4, -0.2) is 60.5 Å². The molecule has 0 N–H and O–H groups in total. The van der Waals surface area contributed by atoms with Gasteiger partial charge in [0.15, 0.2) is 0 Å². The zero-order chi connectivity index (χ0) is 29.5. The average Bonchev–Trinajstić information content (AvgIpc) is 3.52. The van der Waals surface area contributed by atoms with E-state index in [1.165, 1.54) is 43.3 Å². The van der Waals surface area contributed by atoms with Gasteiger partial charge in [-0.25, -0.2) is 4.79 Å². The molecule has 0 radical (unpaired) electrons. The van der Waals surface area contributed by atoms with Crippen molar-refractivity contribution in [3.63, 3.8) is 0 Å². The molecule has 3 aliphatic heterocycles. The summed E-state index contributed by atoms with van der Waals surface area (Å²) in [6, 6.07) is 20.1. The number of piperidine rings is 1. The lowest BCUT2D eigenvalue weighted by atomic mass is 9.85. The van der Waals surface area contributed by atoms with Crippen LogP contribution >= 0.6 is 0 Å². The Morgan fingerprint density at radius 2 is 1.44 bits per heavy atom. The zero-order valence-electron chi connectivity index (χ0n) is 24.4. The van der Waals surface area contributed by atoms with Gasteiger partial charge in [-0.2, -0.15) is 0 Å². The lowest BCUT2D eigenvalue weighted by molar-refractivity contribution is -0.956. The third kappa shape index (κ3) is 6.33. The second-order valence-corrected chi connectivity index (χ2v) is 11.7. The summed E-state index contributed by atoms with van der Waals surface area (Å²) in [5.41, 5.74) is -0.241. The van der Waals surface area contributed by atoms with Gasteiger partial charge in [-0.1, -0.05) is 81.4 Å². The number of hydrogen-bond donors (Lipinski definition) is 0. The van der Waals surface area contributed by atoms with Gasteiger partial charge in [0.25, 0.3) is 0 Å². The molecule has 3 unspecified atom stereocenters. The summed E-state index contributed by atoms with van der Waals surface area (Å²) in [7, 11) is 0. The van der Waals surface area contributed by atoms with E-state index < -0.39 is 24.3 Å².